The van der Waals surface area contributed by atoms with Gasteiger partial charge in [0.25, 0.3) is 5.91 Å². The zero-order valence-electron chi connectivity index (χ0n) is 22.4. The van der Waals surface area contributed by atoms with Gasteiger partial charge in [0.15, 0.2) is 9.84 Å². The van der Waals surface area contributed by atoms with Crippen molar-refractivity contribution in [1.82, 2.24) is 20.0 Å². The predicted octanol–water partition coefficient (Wildman–Crippen LogP) is 4.27. The number of amides is 1. The summed E-state index contributed by atoms with van der Waals surface area (Å²) in [5, 5.41) is 7.50. The minimum atomic E-state index is -3.17. The highest BCUT2D eigenvalue weighted by Crippen LogP contribution is 2.28. The van der Waals surface area contributed by atoms with E-state index in [1.165, 1.54) is 23.8 Å². The second-order valence-corrected chi connectivity index (χ2v) is 13.0. The normalized spacial score (nSPS) is 20.5. The van der Waals surface area contributed by atoms with Crippen LogP contribution in [0.4, 0.5) is 0 Å². The van der Waals surface area contributed by atoms with Crippen molar-refractivity contribution in [3.05, 3.63) is 71.4 Å². The van der Waals surface area contributed by atoms with Gasteiger partial charge in [-0.3, -0.25) is 9.48 Å². The topological polar surface area (TPSA) is 84.3 Å². The average molecular weight is 535 g/mol. The van der Waals surface area contributed by atoms with E-state index in [0.29, 0.717) is 16.4 Å². The van der Waals surface area contributed by atoms with Gasteiger partial charge in [-0.25, -0.2) is 8.42 Å². The van der Waals surface area contributed by atoms with Gasteiger partial charge in [-0.05, 0) is 98.9 Å². The van der Waals surface area contributed by atoms with Crippen LogP contribution < -0.4 is 5.32 Å². The molecule has 3 aromatic rings. The summed E-state index contributed by atoms with van der Waals surface area (Å²) in [6, 6.07) is 15.6. The van der Waals surface area contributed by atoms with Crippen LogP contribution in [0.5, 0.6) is 0 Å². The van der Waals surface area contributed by atoms with E-state index in [9.17, 15) is 13.2 Å². The van der Waals surface area contributed by atoms with Crippen molar-refractivity contribution in [2.24, 2.45) is 13.0 Å². The van der Waals surface area contributed by atoms with Crippen LogP contribution in [0.2, 0.25) is 0 Å². The number of fused-ring (bicyclic) bond motifs is 1. The van der Waals surface area contributed by atoms with E-state index < -0.39 is 9.84 Å². The molecular formula is C30H38N4O3S. The third-order valence-electron chi connectivity index (χ3n) is 8.28. The number of aryl methyl sites for hydroxylation is 1. The number of aromatic nitrogens is 2. The lowest BCUT2D eigenvalue weighted by Crippen LogP contribution is -2.38. The molecule has 1 aliphatic heterocycles. The Kier molecular flexibility index (Phi) is 8.00. The quantitative estimate of drug-likeness (QED) is 0.489. The highest BCUT2D eigenvalue weighted by molar-refractivity contribution is 7.90. The van der Waals surface area contributed by atoms with Crippen LogP contribution in [-0.4, -0.2) is 60.9 Å². The number of benzene rings is 2. The van der Waals surface area contributed by atoms with Gasteiger partial charge in [-0.1, -0.05) is 18.2 Å². The average Bonchev–Trinajstić information content (AvgIpc) is 3.23. The summed E-state index contributed by atoms with van der Waals surface area (Å²) < 4.78 is 25.7. The van der Waals surface area contributed by atoms with Gasteiger partial charge in [0.1, 0.15) is 0 Å². The van der Waals surface area contributed by atoms with Gasteiger partial charge in [-0.15, -0.1) is 0 Å². The summed E-state index contributed by atoms with van der Waals surface area (Å²) in [6.07, 6.45) is 10.4. The largest absolute Gasteiger partial charge is 0.349 e. The van der Waals surface area contributed by atoms with Crippen molar-refractivity contribution >= 4 is 15.7 Å². The highest BCUT2D eigenvalue weighted by Gasteiger charge is 2.24. The van der Waals surface area contributed by atoms with Crippen molar-refractivity contribution in [3.8, 4) is 11.3 Å². The lowest BCUT2D eigenvalue weighted by atomic mass is 9.84. The third kappa shape index (κ3) is 6.35. The van der Waals surface area contributed by atoms with E-state index >= 15 is 0 Å². The van der Waals surface area contributed by atoms with E-state index in [0.717, 1.165) is 69.4 Å². The first-order valence-corrected chi connectivity index (χ1v) is 15.6. The van der Waals surface area contributed by atoms with E-state index in [1.54, 1.807) is 12.3 Å². The summed E-state index contributed by atoms with van der Waals surface area (Å²) in [5.74, 6) is 0.694. The number of hydrogen-bond acceptors (Lipinski definition) is 5. The monoisotopic (exact) mass is 534 g/mol. The van der Waals surface area contributed by atoms with Crippen molar-refractivity contribution in [2.75, 3.05) is 25.9 Å². The predicted molar refractivity (Wildman–Crippen MR) is 150 cm³/mol. The molecule has 0 radical (unpaired) electrons. The minimum Gasteiger partial charge on any atom is -0.349 e. The molecule has 1 aromatic heterocycles. The fourth-order valence-electron chi connectivity index (χ4n) is 5.91. The molecular weight excluding hydrogens is 496 g/mol. The standard InChI is InChI=1S/C30H38N4O3S/c1-33-29(12-16-31-33)25-4-3-5-26(20-25)30(35)32-27-9-6-22(7-10-27)13-17-34-18-14-23-8-11-28(38(2,36)37)21-24(23)15-19-34/h3-5,8,11-12,16,20-22,27H,6-7,9-10,13-15,17-19H2,1-2H3,(H,32,35). The van der Waals surface area contributed by atoms with Gasteiger partial charge in [0, 0.05) is 49.8 Å². The molecule has 1 saturated carbocycles. The van der Waals surface area contributed by atoms with Gasteiger partial charge in [0.05, 0.1) is 10.6 Å². The zero-order chi connectivity index (χ0) is 26.7. The molecule has 5 rings (SSSR count). The van der Waals surface area contributed by atoms with Crippen LogP contribution in [0.25, 0.3) is 11.3 Å². The molecule has 0 spiro atoms. The fourth-order valence-corrected chi connectivity index (χ4v) is 6.58. The van der Waals surface area contributed by atoms with E-state index in [-0.39, 0.29) is 11.9 Å². The van der Waals surface area contributed by atoms with Crippen molar-refractivity contribution < 1.29 is 13.2 Å². The maximum absolute atomic E-state index is 13.0. The Bertz CT molecular complexity index is 1390. The summed E-state index contributed by atoms with van der Waals surface area (Å²) in [5.41, 5.74) is 5.14. The van der Waals surface area contributed by atoms with E-state index in [2.05, 4.69) is 15.3 Å². The van der Waals surface area contributed by atoms with Crippen LogP contribution in [0.15, 0.2) is 59.6 Å². The molecule has 38 heavy (non-hydrogen) atoms. The molecule has 7 nitrogen and oxygen atoms in total. The number of carbonyl (C=O) groups is 1. The Balaban J connectivity index is 1.07. The Morgan fingerprint density at radius 2 is 1.76 bits per heavy atom. The first-order valence-electron chi connectivity index (χ1n) is 13.7. The van der Waals surface area contributed by atoms with Crippen LogP contribution in [0.1, 0.15) is 53.6 Å². The van der Waals surface area contributed by atoms with Crippen LogP contribution in [-0.2, 0) is 29.7 Å². The highest BCUT2D eigenvalue weighted by atomic mass is 32.2. The van der Waals surface area contributed by atoms with Crippen molar-refractivity contribution in [3.63, 3.8) is 0 Å². The number of sulfone groups is 1. The number of rotatable bonds is 7. The van der Waals surface area contributed by atoms with Crippen LogP contribution in [0.3, 0.4) is 0 Å². The second kappa shape index (κ2) is 11.4. The first-order chi connectivity index (χ1) is 18.3. The third-order valence-corrected chi connectivity index (χ3v) is 9.39. The molecule has 1 fully saturated rings. The van der Waals surface area contributed by atoms with Crippen molar-refractivity contribution in [2.45, 2.75) is 55.9 Å². The molecule has 2 heterocycles. The molecule has 1 N–H and O–H groups in total. The summed E-state index contributed by atoms with van der Waals surface area (Å²) in [6.45, 7) is 3.08. The summed E-state index contributed by atoms with van der Waals surface area (Å²) in [7, 11) is -1.26. The lowest BCUT2D eigenvalue weighted by Gasteiger charge is -2.30. The molecule has 0 saturated heterocycles. The molecule has 0 bridgehead atoms. The first kappa shape index (κ1) is 26.6. The van der Waals surface area contributed by atoms with E-state index in [1.807, 2.05) is 54.2 Å². The molecule has 2 aromatic carbocycles. The fraction of sp³-hybridized carbons (Fsp3) is 0.467. The zero-order valence-corrected chi connectivity index (χ0v) is 23.2. The maximum atomic E-state index is 13.0. The number of hydrogen-bond donors (Lipinski definition) is 1. The molecule has 8 heteroatoms. The Labute approximate surface area is 226 Å². The Morgan fingerprint density at radius 1 is 1.00 bits per heavy atom. The summed E-state index contributed by atoms with van der Waals surface area (Å²) >= 11 is 0. The van der Waals surface area contributed by atoms with Gasteiger partial charge in [-0.2, -0.15) is 5.10 Å². The maximum Gasteiger partial charge on any atom is 0.251 e. The molecule has 1 amide bonds. The molecule has 0 unspecified atom stereocenters. The molecule has 1 aliphatic carbocycles. The molecule has 202 valence electrons. The van der Waals surface area contributed by atoms with E-state index in [4.69, 9.17) is 0 Å². The van der Waals surface area contributed by atoms with Gasteiger partial charge < -0.3 is 10.2 Å². The van der Waals surface area contributed by atoms with Crippen LogP contribution >= 0.6 is 0 Å². The van der Waals surface area contributed by atoms with Crippen molar-refractivity contribution in [1.29, 1.82) is 0 Å². The Hall–Kier alpha value is -2.97. The molecule has 2 aliphatic rings. The minimum absolute atomic E-state index is 0.000585. The van der Waals surface area contributed by atoms with Crippen LogP contribution in [0, 0.1) is 5.92 Å². The summed E-state index contributed by atoms with van der Waals surface area (Å²) in [4.78, 5) is 15.9. The number of carbonyl (C=O) groups excluding carboxylic acids is 1. The van der Waals surface area contributed by atoms with Gasteiger partial charge >= 0.3 is 0 Å². The number of nitrogens with one attached hydrogen (secondary N) is 1. The lowest BCUT2D eigenvalue weighted by molar-refractivity contribution is 0.0920. The smallest absolute Gasteiger partial charge is 0.251 e. The second-order valence-electron chi connectivity index (χ2n) is 10.9. The number of nitrogens with zero attached hydrogens (tertiary/aromatic N) is 3. The SMILES string of the molecule is Cn1nccc1-c1cccc(C(=O)NC2CCC(CCN3CCc4ccc(S(C)(=O)=O)cc4CC3)CC2)c1. The molecule has 0 atom stereocenters. The Morgan fingerprint density at radius 3 is 2.47 bits per heavy atom. The van der Waals surface area contributed by atoms with Gasteiger partial charge in [0.2, 0.25) is 0 Å².